The number of anilines is 1. The number of nitrogens with one attached hydrogen (secondary N) is 2. The van der Waals surface area contributed by atoms with E-state index in [-0.39, 0.29) is 11.8 Å². The maximum atomic E-state index is 12.1. The molecule has 0 fully saturated rings. The zero-order valence-electron chi connectivity index (χ0n) is 12.7. The third kappa shape index (κ3) is 4.05. The van der Waals surface area contributed by atoms with Gasteiger partial charge in [-0.05, 0) is 47.8 Å². The molecule has 0 saturated carbocycles. The molecule has 2 N–H and O–H groups in total. The SMILES string of the molecule is O=C(NCc1ccccn1)c1ccc(NC(=O)c2cccs2)cc1. The van der Waals surface area contributed by atoms with Crippen molar-refractivity contribution in [2.45, 2.75) is 6.54 Å². The van der Waals surface area contributed by atoms with Crippen LogP contribution >= 0.6 is 11.3 Å². The first-order chi connectivity index (χ1) is 11.7. The molecule has 3 rings (SSSR count). The van der Waals surface area contributed by atoms with Gasteiger partial charge in [0.2, 0.25) is 0 Å². The number of thiophene rings is 1. The fourth-order valence-corrected chi connectivity index (χ4v) is 2.70. The minimum Gasteiger partial charge on any atom is -0.346 e. The van der Waals surface area contributed by atoms with Gasteiger partial charge in [-0.15, -0.1) is 11.3 Å². The molecule has 2 amide bonds. The van der Waals surface area contributed by atoms with Gasteiger partial charge in [0, 0.05) is 17.4 Å². The van der Waals surface area contributed by atoms with E-state index in [0.717, 1.165) is 5.69 Å². The van der Waals surface area contributed by atoms with Crippen molar-refractivity contribution in [2.75, 3.05) is 5.32 Å². The Kier molecular flexibility index (Phi) is 4.98. The molecule has 120 valence electrons. The first kappa shape index (κ1) is 15.9. The fraction of sp³-hybridized carbons (Fsp3) is 0.0556. The number of benzene rings is 1. The Hall–Kier alpha value is -2.99. The highest BCUT2D eigenvalue weighted by atomic mass is 32.1. The van der Waals surface area contributed by atoms with Gasteiger partial charge in [0.25, 0.3) is 11.8 Å². The summed E-state index contributed by atoms with van der Waals surface area (Å²) in [7, 11) is 0. The van der Waals surface area contributed by atoms with Gasteiger partial charge in [0.1, 0.15) is 0 Å². The van der Waals surface area contributed by atoms with Crippen molar-refractivity contribution in [3.63, 3.8) is 0 Å². The molecule has 2 aromatic heterocycles. The molecule has 1 aromatic carbocycles. The molecule has 2 heterocycles. The van der Waals surface area contributed by atoms with Crippen LogP contribution in [-0.4, -0.2) is 16.8 Å². The number of carbonyl (C=O) groups excluding carboxylic acids is 2. The number of aromatic nitrogens is 1. The van der Waals surface area contributed by atoms with Crippen molar-refractivity contribution in [3.05, 3.63) is 82.3 Å². The average Bonchev–Trinajstić information content (AvgIpc) is 3.16. The Morgan fingerprint density at radius 1 is 0.958 bits per heavy atom. The summed E-state index contributed by atoms with van der Waals surface area (Å²) in [5, 5.41) is 7.46. The summed E-state index contributed by atoms with van der Waals surface area (Å²) >= 11 is 1.38. The summed E-state index contributed by atoms with van der Waals surface area (Å²) in [6, 6.07) is 15.9. The van der Waals surface area contributed by atoms with Crippen molar-refractivity contribution in [1.82, 2.24) is 10.3 Å². The van der Waals surface area contributed by atoms with E-state index in [1.165, 1.54) is 11.3 Å². The molecule has 5 nitrogen and oxygen atoms in total. The Bertz CT molecular complexity index is 815. The van der Waals surface area contributed by atoms with Crippen molar-refractivity contribution < 1.29 is 9.59 Å². The van der Waals surface area contributed by atoms with Gasteiger partial charge in [-0.25, -0.2) is 0 Å². The fourth-order valence-electron chi connectivity index (χ4n) is 2.08. The lowest BCUT2D eigenvalue weighted by Gasteiger charge is -2.07. The minimum absolute atomic E-state index is 0.155. The van der Waals surface area contributed by atoms with Gasteiger partial charge < -0.3 is 10.6 Å². The van der Waals surface area contributed by atoms with Gasteiger partial charge >= 0.3 is 0 Å². The van der Waals surface area contributed by atoms with Gasteiger partial charge in [0.05, 0.1) is 17.1 Å². The maximum Gasteiger partial charge on any atom is 0.265 e. The minimum atomic E-state index is -0.184. The Morgan fingerprint density at radius 2 is 1.79 bits per heavy atom. The zero-order chi connectivity index (χ0) is 16.8. The van der Waals surface area contributed by atoms with E-state index in [9.17, 15) is 9.59 Å². The van der Waals surface area contributed by atoms with Crippen LogP contribution in [0.15, 0.2) is 66.2 Å². The molecule has 0 atom stereocenters. The Balaban J connectivity index is 1.57. The summed E-state index contributed by atoms with van der Waals surface area (Å²) < 4.78 is 0. The smallest absolute Gasteiger partial charge is 0.265 e. The van der Waals surface area contributed by atoms with E-state index in [1.54, 1.807) is 36.5 Å². The van der Waals surface area contributed by atoms with E-state index < -0.39 is 0 Å². The molecule has 6 heteroatoms. The van der Waals surface area contributed by atoms with Gasteiger partial charge in [-0.1, -0.05) is 12.1 Å². The van der Waals surface area contributed by atoms with Crippen LogP contribution in [0.4, 0.5) is 5.69 Å². The highest BCUT2D eigenvalue weighted by Crippen LogP contribution is 2.14. The van der Waals surface area contributed by atoms with Crippen molar-refractivity contribution in [2.24, 2.45) is 0 Å². The van der Waals surface area contributed by atoms with E-state index in [1.807, 2.05) is 29.6 Å². The molecule has 0 bridgehead atoms. The summed E-state index contributed by atoms with van der Waals surface area (Å²) in [5.74, 6) is -0.339. The quantitative estimate of drug-likeness (QED) is 0.750. The summed E-state index contributed by atoms with van der Waals surface area (Å²) in [6.45, 7) is 0.372. The van der Waals surface area contributed by atoms with Crippen LogP contribution in [-0.2, 0) is 6.54 Å². The number of amides is 2. The average molecular weight is 337 g/mol. The first-order valence-corrected chi connectivity index (χ1v) is 8.23. The van der Waals surface area contributed by atoms with Crippen molar-refractivity contribution in [3.8, 4) is 0 Å². The van der Waals surface area contributed by atoms with Crippen molar-refractivity contribution in [1.29, 1.82) is 0 Å². The second kappa shape index (κ2) is 7.52. The molecular weight excluding hydrogens is 322 g/mol. The molecule has 0 spiro atoms. The molecule has 0 aliphatic carbocycles. The number of pyridine rings is 1. The first-order valence-electron chi connectivity index (χ1n) is 7.35. The Morgan fingerprint density at radius 3 is 2.46 bits per heavy atom. The second-order valence-corrected chi connectivity index (χ2v) is 5.96. The van der Waals surface area contributed by atoms with E-state index in [2.05, 4.69) is 15.6 Å². The van der Waals surface area contributed by atoms with Crippen LogP contribution in [0.25, 0.3) is 0 Å². The molecule has 3 aromatic rings. The van der Waals surface area contributed by atoms with Gasteiger partial charge in [-0.2, -0.15) is 0 Å². The second-order valence-electron chi connectivity index (χ2n) is 5.01. The topological polar surface area (TPSA) is 71.1 Å². The maximum absolute atomic E-state index is 12.1. The van der Waals surface area contributed by atoms with E-state index >= 15 is 0 Å². The number of hydrogen-bond donors (Lipinski definition) is 2. The lowest BCUT2D eigenvalue weighted by Crippen LogP contribution is -2.23. The lowest BCUT2D eigenvalue weighted by atomic mass is 10.2. The van der Waals surface area contributed by atoms with Crippen molar-refractivity contribution >= 4 is 28.8 Å². The predicted molar refractivity (Wildman–Crippen MR) is 94.1 cm³/mol. The molecule has 0 unspecified atom stereocenters. The van der Waals surface area contributed by atoms with Gasteiger partial charge in [0.15, 0.2) is 0 Å². The van der Waals surface area contributed by atoms with E-state index in [4.69, 9.17) is 0 Å². The number of rotatable bonds is 5. The number of carbonyl (C=O) groups is 2. The van der Waals surface area contributed by atoms with Crippen LogP contribution in [0.1, 0.15) is 25.7 Å². The zero-order valence-corrected chi connectivity index (χ0v) is 13.5. The molecule has 24 heavy (non-hydrogen) atoms. The normalized spacial score (nSPS) is 10.2. The summed E-state index contributed by atoms with van der Waals surface area (Å²) in [6.07, 6.45) is 1.69. The van der Waals surface area contributed by atoms with Crippen LogP contribution in [0.2, 0.25) is 0 Å². The molecule has 0 aliphatic heterocycles. The number of hydrogen-bond acceptors (Lipinski definition) is 4. The summed E-state index contributed by atoms with van der Waals surface area (Å²) in [4.78, 5) is 28.9. The highest BCUT2D eigenvalue weighted by molar-refractivity contribution is 7.12. The summed E-state index contributed by atoms with van der Waals surface area (Å²) in [5.41, 5.74) is 1.97. The molecule has 0 radical (unpaired) electrons. The monoisotopic (exact) mass is 337 g/mol. The van der Waals surface area contributed by atoms with Crippen LogP contribution in [0, 0.1) is 0 Å². The van der Waals surface area contributed by atoms with Gasteiger partial charge in [-0.3, -0.25) is 14.6 Å². The number of nitrogens with zero attached hydrogens (tertiary/aromatic N) is 1. The predicted octanol–water partition coefficient (Wildman–Crippen LogP) is 3.33. The highest BCUT2D eigenvalue weighted by Gasteiger charge is 2.08. The third-order valence-corrected chi connectivity index (χ3v) is 4.17. The largest absolute Gasteiger partial charge is 0.346 e. The molecular formula is C18H15N3O2S. The Labute approximate surface area is 143 Å². The molecule has 0 saturated heterocycles. The molecule has 0 aliphatic rings. The van der Waals surface area contributed by atoms with Crippen LogP contribution < -0.4 is 10.6 Å². The van der Waals surface area contributed by atoms with E-state index in [0.29, 0.717) is 22.7 Å². The third-order valence-electron chi connectivity index (χ3n) is 3.31. The standard InChI is InChI=1S/C18H15N3O2S/c22-17(20-12-15-4-1-2-10-19-15)13-6-8-14(9-7-13)21-18(23)16-5-3-11-24-16/h1-11H,12H2,(H,20,22)(H,21,23). The lowest BCUT2D eigenvalue weighted by molar-refractivity contribution is 0.0950. The van der Waals surface area contributed by atoms with Crippen LogP contribution in [0.5, 0.6) is 0 Å². The van der Waals surface area contributed by atoms with Crippen LogP contribution in [0.3, 0.4) is 0 Å².